The molecule has 1 saturated heterocycles. The fraction of sp³-hybridized carbons (Fsp3) is 0.462. The molecule has 0 bridgehead atoms. The van der Waals surface area contributed by atoms with Crippen molar-refractivity contribution in [1.29, 1.82) is 0 Å². The summed E-state index contributed by atoms with van der Waals surface area (Å²) in [7, 11) is 1.62. The van der Waals surface area contributed by atoms with Gasteiger partial charge in [-0.05, 0) is 12.1 Å². The maximum absolute atomic E-state index is 5.96. The molecular formula is C13H17NO3S. The Morgan fingerprint density at radius 2 is 2.11 bits per heavy atom. The number of ether oxygens (including phenoxy) is 3. The smallest absolute Gasteiger partial charge is 0.133 e. The zero-order valence-corrected chi connectivity index (χ0v) is 11.2. The number of nitrogens with two attached hydrogens (primary N) is 1. The second-order valence-corrected chi connectivity index (χ2v) is 4.60. The van der Waals surface area contributed by atoms with Crippen molar-refractivity contribution in [3.63, 3.8) is 0 Å². The van der Waals surface area contributed by atoms with Crippen molar-refractivity contribution in [2.75, 3.05) is 20.3 Å². The third-order valence-electron chi connectivity index (χ3n) is 2.92. The van der Waals surface area contributed by atoms with Gasteiger partial charge in [-0.25, -0.2) is 0 Å². The highest BCUT2D eigenvalue weighted by atomic mass is 32.1. The minimum Gasteiger partial charge on any atom is -0.497 e. The van der Waals surface area contributed by atoms with Gasteiger partial charge >= 0.3 is 0 Å². The molecule has 0 radical (unpaired) electrons. The van der Waals surface area contributed by atoms with E-state index < -0.39 is 0 Å². The van der Waals surface area contributed by atoms with E-state index in [1.807, 2.05) is 18.2 Å². The standard InChI is InChI=1S/C13H17NO3S/c1-15-10-2-3-11(13(14)18)12(8-10)17-9-4-6-16-7-5-9/h2-3,8-9H,4-7H2,1H3,(H2,14,18). The van der Waals surface area contributed by atoms with E-state index in [0.717, 1.165) is 37.4 Å². The van der Waals surface area contributed by atoms with Gasteiger partial charge in [0.25, 0.3) is 0 Å². The Morgan fingerprint density at radius 3 is 2.72 bits per heavy atom. The van der Waals surface area contributed by atoms with E-state index in [1.165, 1.54) is 0 Å². The summed E-state index contributed by atoms with van der Waals surface area (Å²) in [5.74, 6) is 1.42. The van der Waals surface area contributed by atoms with Crippen LogP contribution >= 0.6 is 12.2 Å². The van der Waals surface area contributed by atoms with Crippen LogP contribution in [0, 0.1) is 0 Å². The molecule has 5 heteroatoms. The Bertz CT molecular complexity index is 430. The van der Waals surface area contributed by atoms with Crippen molar-refractivity contribution < 1.29 is 14.2 Å². The van der Waals surface area contributed by atoms with Crippen LogP contribution in [0.2, 0.25) is 0 Å². The molecule has 4 nitrogen and oxygen atoms in total. The van der Waals surface area contributed by atoms with E-state index in [0.29, 0.717) is 10.7 Å². The largest absolute Gasteiger partial charge is 0.497 e. The lowest BCUT2D eigenvalue weighted by Gasteiger charge is -2.24. The van der Waals surface area contributed by atoms with Crippen LogP contribution in [0.1, 0.15) is 18.4 Å². The Balaban J connectivity index is 2.19. The maximum atomic E-state index is 5.96. The minimum atomic E-state index is 0.152. The number of hydrogen-bond acceptors (Lipinski definition) is 4. The third-order valence-corrected chi connectivity index (χ3v) is 3.14. The molecule has 0 atom stereocenters. The third kappa shape index (κ3) is 3.11. The molecule has 1 aromatic rings. The van der Waals surface area contributed by atoms with Crippen LogP contribution in [0.3, 0.4) is 0 Å². The van der Waals surface area contributed by atoms with Gasteiger partial charge in [0.15, 0.2) is 0 Å². The number of rotatable bonds is 4. The van der Waals surface area contributed by atoms with E-state index in [2.05, 4.69) is 0 Å². The van der Waals surface area contributed by atoms with Gasteiger partial charge in [-0.15, -0.1) is 0 Å². The minimum absolute atomic E-state index is 0.152. The molecular weight excluding hydrogens is 250 g/mol. The first-order valence-corrected chi connectivity index (χ1v) is 6.34. The molecule has 1 heterocycles. The Hall–Kier alpha value is -1.33. The van der Waals surface area contributed by atoms with Crippen molar-refractivity contribution in [2.24, 2.45) is 5.73 Å². The van der Waals surface area contributed by atoms with Gasteiger partial charge in [0, 0.05) is 18.9 Å². The van der Waals surface area contributed by atoms with E-state index in [1.54, 1.807) is 7.11 Å². The first kappa shape index (κ1) is 13.1. The summed E-state index contributed by atoms with van der Waals surface area (Å²) in [5, 5.41) is 0. The van der Waals surface area contributed by atoms with Crippen molar-refractivity contribution in [3.8, 4) is 11.5 Å². The molecule has 0 saturated carbocycles. The summed E-state index contributed by atoms with van der Waals surface area (Å²) >= 11 is 5.03. The van der Waals surface area contributed by atoms with Crippen LogP contribution in [-0.4, -0.2) is 31.4 Å². The van der Waals surface area contributed by atoms with Gasteiger partial charge < -0.3 is 19.9 Å². The van der Waals surface area contributed by atoms with Gasteiger partial charge in [0.2, 0.25) is 0 Å². The van der Waals surface area contributed by atoms with Crippen LogP contribution in [-0.2, 0) is 4.74 Å². The predicted molar refractivity (Wildman–Crippen MR) is 73.4 cm³/mol. The number of methoxy groups -OCH3 is 1. The molecule has 0 amide bonds. The molecule has 0 unspecified atom stereocenters. The monoisotopic (exact) mass is 267 g/mol. The molecule has 98 valence electrons. The Morgan fingerprint density at radius 1 is 1.39 bits per heavy atom. The Labute approximate surface area is 112 Å². The molecule has 2 rings (SSSR count). The number of hydrogen-bond donors (Lipinski definition) is 1. The summed E-state index contributed by atoms with van der Waals surface area (Å²) in [6, 6.07) is 5.48. The SMILES string of the molecule is COc1ccc(C(N)=S)c(OC2CCOCC2)c1. The van der Waals surface area contributed by atoms with Crippen LogP contribution in [0.25, 0.3) is 0 Å². The van der Waals surface area contributed by atoms with E-state index in [-0.39, 0.29) is 6.10 Å². The molecule has 0 aliphatic carbocycles. The second kappa shape index (κ2) is 6.02. The fourth-order valence-corrected chi connectivity index (χ4v) is 2.07. The zero-order valence-electron chi connectivity index (χ0n) is 10.3. The molecule has 18 heavy (non-hydrogen) atoms. The second-order valence-electron chi connectivity index (χ2n) is 4.16. The van der Waals surface area contributed by atoms with E-state index in [9.17, 15) is 0 Å². The van der Waals surface area contributed by atoms with Crippen molar-refractivity contribution in [1.82, 2.24) is 0 Å². The molecule has 1 aromatic carbocycles. The molecule has 1 aliphatic heterocycles. The van der Waals surface area contributed by atoms with Crippen molar-refractivity contribution >= 4 is 17.2 Å². The van der Waals surface area contributed by atoms with E-state index >= 15 is 0 Å². The van der Waals surface area contributed by atoms with Crippen LogP contribution in [0.15, 0.2) is 18.2 Å². The lowest BCUT2D eigenvalue weighted by atomic mass is 10.1. The average Bonchev–Trinajstić information content (AvgIpc) is 2.39. The highest BCUT2D eigenvalue weighted by Gasteiger charge is 2.18. The predicted octanol–water partition coefficient (Wildman–Crippen LogP) is 1.89. The van der Waals surface area contributed by atoms with Gasteiger partial charge in [0.1, 0.15) is 22.6 Å². The topological polar surface area (TPSA) is 53.7 Å². The summed E-state index contributed by atoms with van der Waals surface area (Å²) in [5.41, 5.74) is 6.44. The van der Waals surface area contributed by atoms with Crippen LogP contribution < -0.4 is 15.2 Å². The van der Waals surface area contributed by atoms with E-state index in [4.69, 9.17) is 32.2 Å². The fourth-order valence-electron chi connectivity index (χ4n) is 1.90. The van der Waals surface area contributed by atoms with Crippen LogP contribution in [0.4, 0.5) is 0 Å². The number of thiocarbonyl (C=S) groups is 1. The lowest BCUT2D eigenvalue weighted by molar-refractivity contribution is 0.0254. The highest BCUT2D eigenvalue weighted by molar-refractivity contribution is 7.80. The van der Waals surface area contributed by atoms with Crippen molar-refractivity contribution in [2.45, 2.75) is 18.9 Å². The Kier molecular flexibility index (Phi) is 4.38. The number of benzene rings is 1. The average molecular weight is 267 g/mol. The summed E-state index contributed by atoms with van der Waals surface area (Å²) in [6.07, 6.45) is 1.92. The molecule has 0 aromatic heterocycles. The highest BCUT2D eigenvalue weighted by Crippen LogP contribution is 2.27. The maximum Gasteiger partial charge on any atom is 0.133 e. The van der Waals surface area contributed by atoms with Gasteiger partial charge in [-0.3, -0.25) is 0 Å². The van der Waals surface area contributed by atoms with Gasteiger partial charge in [0.05, 0.1) is 25.9 Å². The van der Waals surface area contributed by atoms with Gasteiger partial charge in [-0.1, -0.05) is 12.2 Å². The quantitative estimate of drug-likeness (QED) is 0.844. The van der Waals surface area contributed by atoms with Crippen molar-refractivity contribution in [3.05, 3.63) is 23.8 Å². The summed E-state index contributed by atoms with van der Waals surface area (Å²) < 4.78 is 16.5. The molecule has 1 fully saturated rings. The lowest BCUT2D eigenvalue weighted by Crippen LogP contribution is -2.27. The summed E-state index contributed by atoms with van der Waals surface area (Å²) in [4.78, 5) is 0.333. The first-order valence-electron chi connectivity index (χ1n) is 5.93. The molecule has 2 N–H and O–H groups in total. The van der Waals surface area contributed by atoms with Gasteiger partial charge in [-0.2, -0.15) is 0 Å². The normalized spacial score (nSPS) is 16.3. The molecule has 0 spiro atoms. The first-order chi connectivity index (χ1) is 8.70. The molecule has 1 aliphatic rings. The summed E-state index contributed by atoms with van der Waals surface area (Å²) in [6.45, 7) is 1.47. The van der Waals surface area contributed by atoms with Crippen LogP contribution in [0.5, 0.6) is 11.5 Å². The zero-order chi connectivity index (χ0) is 13.0.